The molecule has 0 saturated carbocycles. The number of ether oxygens (including phenoxy) is 2. The van der Waals surface area contributed by atoms with E-state index in [1.54, 1.807) is 41.9 Å². The van der Waals surface area contributed by atoms with E-state index >= 15 is 0 Å². The maximum absolute atomic E-state index is 12.5. The molecule has 4 aromatic rings. The molecule has 0 bridgehead atoms. The van der Waals surface area contributed by atoms with Gasteiger partial charge in [-0.2, -0.15) is 13.9 Å². The zero-order valence-electron chi connectivity index (χ0n) is 17.2. The fourth-order valence-corrected chi connectivity index (χ4v) is 3.67. The summed E-state index contributed by atoms with van der Waals surface area (Å²) in [7, 11) is 0. The molecule has 0 aliphatic carbocycles. The van der Waals surface area contributed by atoms with Gasteiger partial charge in [-0.25, -0.2) is 9.67 Å². The number of thiazole rings is 1. The molecule has 7 nitrogen and oxygen atoms in total. The van der Waals surface area contributed by atoms with Crippen LogP contribution in [0.2, 0.25) is 5.02 Å². The summed E-state index contributed by atoms with van der Waals surface area (Å²) < 4.78 is 36.0. The van der Waals surface area contributed by atoms with Crippen molar-refractivity contribution in [2.24, 2.45) is 0 Å². The number of alkyl halides is 2. The van der Waals surface area contributed by atoms with Gasteiger partial charge in [0, 0.05) is 22.2 Å². The monoisotopic (exact) mass is 490 g/mol. The van der Waals surface area contributed by atoms with E-state index < -0.39 is 12.5 Å². The minimum Gasteiger partial charge on any atom is -0.471 e. The molecule has 2 heterocycles. The zero-order valence-corrected chi connectivity index (χ0v) is 18.7. The number of halogens is 3. The largest absolute Gasteiger partial charge is 0.471 e. The second kappa shape index (κ2) is 9.97. The van der Waals surface area contributed by atoms with Crippen molar-refractivity contribution in [1.29, 1.82) is 0 Å². The summed E-state index contributed by atoms with van der Waals surface area (Å²) in [6, 6.07) is 13.0. The number of hydrogen-bond donors (Lipinski definition) is 1. The summed E-state index contributed by atoms with van der Waals surface area (Å²) in [5.41, 5.74) is 2.40. The van der Waals surface area contributed by atoms with Crippen LogP contribution in [0.25, 0.3) is 11.3 Å². The molecular formula is C22H17ClF2N4O3S. The topological polar surface area (TPSA) is 78.3 Å². The molecule has 170 valence electrons. The third-order valence-electron chi connectivity index (χ3n) is 4.47. The number of rotatable bonds is 8. The Bertz CT molecular complexity index is 1260. The Balaban J connectivity index is 1.35. The fraction of sp³-hybridized carbons (Fsp3) is 0.136. The molecule has 0 unspecified atom stereocenters. The van der Waals surface area contributed by atoms with E-state index in [1.807, 2.05) is 13.0 Å². The number of aryl methyl sites for hydroxylation is 1. The van der Waals surface area contributed by atoms with Crippen LogP contribution in [0.15, 0.2) is 60.1 Å². The number of hydrogen-bond acceptors (Lipinski definition) is 6. The van der Waals surface area contributed by atoms with Gasteiger partial charge in [-0.3, -0.25) is 10.1 Å². The Hall–Kier alpha value is -3.50. The average Bonchev–Trinajstić information content (AvgIpc) is 3.45. The molecule has 33 heavy (non-hydrogen) atoms. The average molecular weight is 491 g/mol. The van der Waals surface area contributed by atoms with Gasteiger partial charge in [0.05, 0.1) is 5.69 Å². The van der Waals surface area contributed by atoms with Crippen molar-refractivity contribution in [3.05, 3.63) is 76.4 Å². The van der Waals surface area contributed by atoms with Crippen molar-refractivity contribution < 1.29 is 23.0 Å². The lowest BCUT2D eigenvalue weighted by Gasteiger charge is -2.07. The molecule has 0 saturated heterocycles. The van der Waals surface area contributed by atoms with Crippen LogP contribution in [-0.4, -0.2) is 27.3 Å². The highest BCUT2D eigenvalue weighted by molar-refractivity contribution is 7.14. The molecule has 4 rings (SSSR count). The first-order valence-corrected chi connectivity index (χ1v) is 10.9. The summed E-state index contributed by atoms with van der Waals surface area (Å²) in [4.78, 5) is 16.9. The molecule has 0 aliphatic heterocycles. The molecule has 2 aromatic heterocycles. The van der Waals surface area contributed by atoms with Gasteiger partial charge in [0.15, 0.2) is 17.6 Å². The number of anilines is 1. The number of benzene rings is 2. The van der Waals surface area contributed by atoms with Gasteiger partial charge >= 0.3 is 6.61 Å². The third kappa shape index (κ3) is 5.85. The van der Waals surface area contributed by atoms with E-state index in [0.717, 1.165) is 5.56 Å². The number of aromatic nitrogens is 3. The minimum atomic E-state index is -2.88. The van der Waals surface area contributed by atoms with E-state index in [2.05, 4.69) is 20.1 Å². The number of carbonyl (C=O) groups excluding carboxylic acids is 1. The maximum atomic E-state index is 12.5. The highest BCUT2D eigenvalue weighted by Gasteiger charge is 2.13. The summed E-state index contributed by atoms with van der Waals surface area (Å²) in [6.45, 7) is -0.873. The number of carbonyl (C=O) groups is 1. The summed E-state index contributed by atoms with van der Waals surface area (Å²) in [6.07, 6.45) is 1.63. The van der Waals surface area contributed by atoms with Gasteiger partial charge in [0.2, 0.25) is 0 Å². The Kier molecular flexibility index (Phi) is 6.85. The maximum Gasteiger partial charge on any atom is 0.387 e. The number of nitrogens with one attached hydrogen (secondary N) is 1. The molecule has 1 N–H and O–H groups in total. The van der Waals surface area contributed by atoms with Crippen LogP contribution in [0.3, 0.4) is 0 Å². The van der Waals surface area contributed by atoms with Crippen LogP contribution in [0.4, 0.5) is 13.9 Å². The molecular weight excluding hydrogens is 474 g/mol. The second-order valence-corrected chi connectivity index (χ2v) is 8.09. The van der Waals surface area contributed by atoms with E-state index in [0.29, 0.717) is 27.2 Å². The quantitative estimate of drug-likeness (QED) is 0.335. The van der Waals surface area contributed by atoms with Gasteiger partial charge < -0.3 is 9.47 Å². The van der Waals surface area contributed by atoms with E-state index in [9.17, 15) is 13.6 Å². The summed E-state index contributed by atoms with van der Waals surface area (Å²) >= 11 is 7.24. The van der Waals surface area contributed by atoms with E-state index in [-0.39, 0.29) is 18.2 Å². The first-order valence-electron chi connectivity index (χ1n) is 9.62. The predicted molar refractivity (Wildman–Crippen MR) is 121 cm³/mol. The van der Waals surface area contributed by atoms with Crippen LogP contribution in [0.5, 0.6) is 11.5 Å². The highest BCUT2D eigenvalue weighted by atomic mass is 35.5. The van der Waals surface area contributed by atoms with Crippen molar-refractivity contribution in [3.8, 4) is 22.8 Å². The fourth-order valence-electron chi connectivity index (χ4n) is 2.83. The smallest absolute Gasteiger partial charge is 0.387 e. The lowest BCUT2D eigenvalue weighted by Crippen LogP contribution is -2.14. The molecule has 0 atom stereocenters. The van der Waals surface area contributed by atoms with Crippen LogP contribution in [-0.2, 0) is 6.73 Å². The van der Waals surface area contributed by atoms with Gasteiger partial charge in [-0.1, -0.05) is 11.6 Å². The Morgan fingerprint density at radius 3 is 2.67 bits per heavy atom. The Labute approximate surface area is 196 Å². The molecule has 0 spiro atoms. The van der Waals surface area contributed by atoms with Gasteiger partial charge in [0.1, 0.15) is 11.5 Å². The molecule has 2 aromatic carbocycles. The normalized spacial score (nSPS) is 10.9. The van der Waals surface area contributed by atoms with Crippen LogP contribution < -0.4 is 14.8 Å². The molecule has 0 fully saturated rings. The minimum absolute atomic E-state index is 0.0586. The van der Waals surface area contributed by atoms with Crippen molar-refractivity contribution in [3.63, 3.8) is 0 Å². The molecule has 0 aliphatic rings. The number of nitrogens with zero attached hydrogens (tertiary/aromatic N) is 3. The van der Waals surface area contributed by atoms with E-state index in [4.69, 9.17) is 16.3 Å². The van der Waals surface area contributed by atoms with Gasteiger partial charge in [-0.15, -0.1) is 11.3 Å². The van der Waals surface area contributed by atoms with Crippen LogP contribution in [0, 0.1) is 6.92 Å². The van der Waals surface area contributed by atoms with Crippen molar-refractivity contribution in [2.75, 3.05) is 5.32 Å². The van der Waals surface area contributed by atoms with Gasteiger partial charge in [-0.05, 0) is 61.0 Å². The van der Waals surface area contributed by atoms with Crippen molar-refractivity contribution >= 4 is 34.0 Å². The second-order valence-electron chi connectivity index (χ2n) is 6.82. The Morgan fingerprint density at radius 2 is 1.94 bits per heavy atom. The van der Waals surface area contributed by atoms with Crippen molar-refractivity contribution in [1.82, 2.24) is 14.8 Å². The molecule has 0 radical (unpaired) electrons. The molecule has 1 amide bonds. The lowest BCUT2D eigenvalue weighted by molar-refractivity contribution is -0.0498. The van der Waals surface area contributed by atoms with Gasteiger partial charge in [0.25, 0.3) is 5.91 Å². The first kappa shape index (κ1) is 22.7. The van der Waals surface area contributed by atoms with E-state index in [1.165, 1.54) is 28.2 Å². The SMILES string of the molecule is Cc1cc(OCn2ccc(C(=O)Nc3nc(-c4ccc(OC(F)F)cc4)cs3)n2)ccc1Cl. The van der Waals surface area contributed by atoms with Crippen LogP contribution in [0.1, 0.15) is 16.1 Å². The van der Waals surface area contributed by atoms with Crippen molar-refractivity contribution in [2.45, 2.75) is 20.3 Å². The third-order valence-corrected chi connectivity index (χ3v) is 5.65. The number of amides is 1. The van der Waals surface area contributed by atoms with Crippen LogP contribution >= 0.6 is 22.9 Å². The standard InChI is InChI=1S/C22H17ClF2N4O3S/c1-13-10-16(6-7-17(13)23)31-12-29-9-8-18(28-29)20(30)27-22-26-19(11-33-22)14-2-4-15(5-3-14)32-21(24)25/h2-11,21H,12H2,1H3,(H,26,27,30). The molecule has 11 heteroatoms. The lowest BCUT2D eigenvalue weighted by atomic mass is 10.2. The Morgan fingerprint density at radius 1 is 1.18 bits per heavy atom. The summed E-state index contributed by atoms with van der Waals surface area (Å²) in [5, 5.41) is 9.70. The zero-order chi connectivity index (χ0) is 23.4. The highest BCUT2D eigenvalue weighted by Crippen LogP contribution is 2.27. The first-order chi connectivity index (χ1) is 15.9. The predicted octanol–water partition coefficient (Wildman–Crippen LogP) is 5.86. The summed E-state index contributed by atoms with van der Waals surface area (Å²) in [5.74, 6) is 0.281.